The van der Waals surface area contributed by atoms with Gasteiger partial charge in [-0.3, -0.25) is 4.90 Å². The lowest BCUT2D eigenvalue weighted by atomic mass is 9.96. The Morgan fingerprint density at radius 3 is 2.32 bits per heavy atom. The molecular formula is C32H35N5O4. The van der Waals surface area contributed by atoms with Crippen LogP contribution in [0.5, 0.6) is 17.4 Å². The summed E-state index contributed by atoms with van der Waals surface area (Å²) in [6, 6.07) is 26.6. The monoisotopic (exact) mass is 553 g/mol. The van der Waals surface area contributed by atoms with Gasteiger partial charge in [0.25, 0.3) is 0 Å². The summed E-state index contributed by atoms with van der Waals surface area (Å²) in [7, 11) is 0. The van der Waals surface area contributed by atoms with Crippen molar-refractivity contribution < 1.29 is 19.4 Å². The number of aromatic nitrogens is 2. The molecule has 1 aliphatic rings. The van der Waals surface area contributed by atoms with E-state index in [0.717, 1.165) is 44.1 Å². The maximum absolute atomic E-state index is 12.1. The lowest BCUT2D eigenvalue weighted by Crippen LogP contribution is -2.46. The van der Waals surface area contributed by atoms with Crippen molar-refractivity contribution in [3.63, 3.8) is 0 Å². The van der Waals surface area contributed by atoms with Crippen LogP contribution in [0.2, 0.25) is 0 Å². The number of piperazine rings is 1. The van der Waals surface area contributed by atoms with Gasteiger partial charge in [-0.2, -0.15) is 9.97 Å². The van der Waals surface area contributed by atoms with Crippen molar-refractivity contribution in [3.05, 3.63) is 102 Å². The maximum Gasteiger partial charge on any atom is 0.348 e. The Labute approximate surface area is 240 Å². The summed E-state index contributed by atoms with van der Waals surface area (Å²) in [5, 5.41) is 9.87. The Hall–Kier alpha value is -4.63. The Morgan fingerprint density at radius 1 is 0.902 bits per heavy atom. The number of aryl methyl sites for hydroxylation is 1. The summed E-state index contributed by atoms with van der Waals surface area (Å²) < 4.78 is 11.9. The van der Waals surface area contributed by atoms with E-state index in [4.69, 9.17) is 15.2 Å². The van der Waals surface area contributed by atoms with E-state index in [-0.39, 0.29) is 12.4 Å². The van der Waals surface area contributed by atoms with E-state index in [1.807, 2.05) is 30.3 Å². The number of hydrogen-bond acceptors (Lipinski definition) is 8. The van der Waals surface area contributed by atoms with Gasteiger partial charge in [0.05, 0.1) is 0 Å². The molecule has 0 radical (unpaired) electrons. The number of nitrogens with zero attached hydrogens (tertiary/aromatic N) is 4. The van der Waals surface area contributed by atoms with E-state index < -0.39 is 11.6 Å². The van der Waals surface area contributed by atoms with Crippen molar-refractivity contribution in [2.45, 2.75) is 32.4 Å². The van der Waals surface area contributed by atoms with Gasteiger partial charge in [-0.1, -0.05) is 60.2 Å². The molecule has 9 nitrogen and oxygen atoms in total. The molecule has 0 aliphatic carbocycles. The highest BCUT2D eigenvalue weighted by atomic mass is 16.5. The quantitative estimate of drug-likeness (QED) is 0.282. The molecule has 1 aliphatic heterocycles. The Morgan fingerprint density at radius 2 is 1.63 bits per heavy atom. The molecule has 0 spiro atoms. The number of para-hydroxylation sites is 1. The van der Waals surface area contributed by atoms with E-state index in [9.17, 15) is 9.90 Å². The molecule has 3 N–H and O–H groups in total. The molecule has 1 atom stereocenters. The van der Waals surface area contributed by atoms with E-state index >= 15 is 0 Å². The number of carbonyl (C=O) groups is 1. The minimum Gasteiger partial charge on any atom is -0.478 e. The zero-order valence-corrected chi connectivity index (χ0v) is 23.4. The van der Waals surface area contributed by atoms with Crippen LogP contribution in [0, 0.1) is 6.92 Å². The van der Waals surface area contributed by atoms with E-state index in [1.54, 1.807) is 37.3 Å². The molecule has 1 aromatic heterocycles. The second kappa shape index (κ2) is 12.3. The molecule has 9 heteroatoms. The molecule has 212 valence electrons. The number of rotatable bonds is 10. The predicted octanol–water partition coefficient (Wildman–Crippen LogP) is 4.95. The second-order valence-electron chi connectivity index (χ2n) is 10.5. The van der Waals surface area contributed by atoms with Gasteiger partial charge in [-0.15, -0.1) is 0 Å². The molecule has 1 saturated heterocycles. The molecule has 0 bridgehead atoms. The number of nitrogens with two attached hydrogens (primary N) is 1. The van der Waals surface area contributed by atoms with Crippen LogP contribution in [0.4, 0.5) is 11.8 Å². The number of benzene rings is 3. The number of carboxylic acids is 1. The van der Waals surface area contributed by atoms with Crippen LogP contribution < -0.4 is 20.1 Å². The number of hydrogen-bond donors (Lipinski definition) is 2. The lowest BCUT2D eigenvalue weighted by Gasteiger charge is -2.35. The highest BCUT2D eigenvalue weighted by Gasteiger charge is 2.36. The molecule has 0 saturated carbocycles. The third-order valence-corrected chi connectivity index (χ3v) is 7.12. The van der Waals surface area contributed by atoms with Crippen molar-refractivity contribution in [1.29, 1.82) is 0 Å². The summed E-state index contributed by atoms with van der Waals surface area (Å²) in [5.74, 6) is 1.25. The average Bonchev–Trinajstić information content (AvgIpc) is 2.95. The molecule has 2 heterocycles. The third kappa shape index (κ3) is 7.32. The second-order valence-corrected chi connectivity index (χ2v) is 10.5. The molecular weight excluding hydrogens is 518 g/mol. The van der Waals surface area contributed by atoms with Gasteiger partial charge in [0.2, 0.25) is 17.4 Å². The van der Waals surface area contributed by atoms with Gasteiger partial charge < -0.3 is 25.2 Å². The molecule has 1 fully saturated rings. The van der Waals surface area contributed by atoms with Crippen LogP contribution in [0.3, 0.4) is 0 Å². The van der Waals surface area contributed by atoms with Crippen molar-refractivity contribution >= 4 is 17.7 Å². The summed E-state index contributed by atoms with van der Waals surface area (Å²) in [6.45, 7) is 8.09. The first-order chi connectivity index (χ1) is 19.8. The van der Waals surface area contributed by atoms with Crippen LogP contribution in [0.25, 0.3) is 0 Å². The minimum absolute atomic E-state index is 0.145. The first-order valence-electron chi connectivity index (χ1n) is 13.7. The zero-order valence-electron chi connectivity index (χ0n) is 23.4. The van der Waals surface area contributed by atoms with Crippen molar-refractivity contribution in [2.24, 2.45) is 0 Å². The fourth-order valence-corrected chi connectivity index (χ4v) is 4.94. The van der Waals surface area contributed by atoms with Gasteiger partial charge in [0.1, 0.15) is 17.3 Å². The summed E-state index contributed by atoms with van der Waals surface area (Å²) in [5.41, 5.74) is 8.00. The number of nitrogen functional groups attached to an aromatic ring is 1. The van der Waals surface area contributed by atoms with Gasteiger partial charge >= 0.3 is 5.97 Å². The van der Waals surface area contributed by atoms with E-state index in [1.165, 1.54) is 11.1 Å². The number of ether oxygens (including phenoxy) is 2. The SMILES string of the molecule is Cc1cccc(CN2CCN(c3cc(Oc4ccc(CC(C)(Oc5ccccc5)C(=O)O)cc4)nc(N)n3)CC2)c1. The number of anilines is 2. The normalized spacial score (nSPS) is 15.2. The number of aliphatic carboxylic acids is 1. The Balaban J connectivity index is 1.20. The van der Waals surface area contributed by atoms with E-state index in [2.05, 4.69) is 51.0 Å². The highest BCUT2D eigenvalue weighted by molar-refractivity contribution is 5.78. The third-order valence-electron chi connectivity index (χ3n) is 7.12. The van der Waals surface area contributed by atoms with E-state index in [0.29, 0.717) is 17.4 Å². The smallest absolute Gasteiger partial charge is 0.348 e. The summed E-state index contributed by atoms with van der Waals surface area (Å²) >= 11 is 0. The molecule has 3 aromatic carbocycles. The zero-order chi connectivity index (χ0) is 28.8. The topological polar surface area (TPSA) is 114 Å². The minimum atomic E-state index is -1.43. The standard InChI is InChI=1S/C32H35N5O4/c1-23-7-6-8-25(19-23)22-36-15-17-37(18-16-36)28-20-29(35-31(33)34-28)40-26-13-11-24(12-14-26)21-32(2,30(38)39)41-27-9-4-3-5-10-27/h3-14,19-20H,15-18,21-22H2,1-2H3,(H,38,39)(H2,33,34,35). The molecule has 5 rings (SSSR count). The summed E-state index contributed by atoms with van der Waals surface area (Å²) in [6.07, 6.45) is 0.179. The van der Waals surface area contributed by atoms with Crippen molar-refractivity contribution in [1.82, 2.24) is 14.9 Å². The van der Waals surface area contributed by atoms with Crippen LogP contribution in [-0.2, 0) is 17.8 Å². The Bertz CT molecular complexity index is 1470. The fourth-order valence-electron chi connectivity index (χ4n) is 4.94. The van der Waals surface area contributed by atoms with Gasteiger partial charge in [-0.25, -0.2) is 4.79 Å². The summed E-state index contributed by atoms with van der Waals surface area (Å²) in [4.78, 5) is 25.4. The first-order valence-corrected chi connectivity index (χ1v) is 13.7. The van der Waals surface area contributed by atoms with Gasteiger partial charge in [0.15, 0.2) is 0 Å². The average molecular weight is 554 g/mol. The van der Waals surface area contributed by atoms with Crippen LogP contribution in [0.1, 0.15) is 23.6 Å². The van der Waals surface area contributed by atoms with Gasteiger partial charge in [0, 0.05) is 45.2 Å². The molecule has 41 heavy (non-hydrogen) atoms. The van der Waals surface area contributed by atoms with Crippen LogP contribution in [-0.4, -0.2) is 57.7 Å². The van der Waals surface area contributed by atoms with Crippen LogP contribution >= 0.6 is 0 Å². The molecule has 4 aromatic rings. The highest BCUT2D eigenvalue weighted by Crippen LogP contribution is 2.27. The predicted molar refractivity (Wildman–Crippen MR) is 158 cm³/mol. The number of carboxylic acid groups (broad SMARTS) is 1. The first kappa shape index (κ1) is 27.9. The Kier molecular flexibility index (Phi) is 8.35. The lowest BCUT2D eigenvalue weighted by molar-refractivity contribution is -0.153. The van der Waals surface area contributed by atoms with Gasteiger partial charge in [-0.05, 0) is 49.2 Å². The van der Waals surface area contributed by atoms with Crippen molar-refractivity contribution in [2.75, 3.05) is 36.8 Å². The van der Waals surface area contributed by atoms with Crippen LogP contribution in [0.15, 0.2) is 84.9 Å². The van der Waals surface area contributed by atoms with Crippen molar-refractivity contribution in [3.8, 4) is 17.4 Å². The fraction of sp³-hybridized carbons (Fsp3) is 0.281. The largest absolute Gasteiger partial charge is 0.478 e. The molecule has 0 amide bonds. The maximum atomic E-state index is 12.1. The molecule has 1 unspecified atom stereocenters.